The fourth-order valence-electron chi connectivity index (χ4n) is 3.87. The lowest BCUT2D eigenvalue weighted by atomic mass is 10.1. The van der Waals surface area contributed by atoms with Crippen LogP contribution in [0.2, 0.25) is 0 Å². The molecule has 3 aliphatic rings. The number of carbonyl (C=O) groups excluding carboxylic acids is 2. The third-order valence-electron chi connectivity index (χ3n) is 5.55. The van der Waals surface area contributed by atoms with Gasteiger partial charge in [0.05, 0.1) is 0 Å². The standard InChI is InChI=1S/C18H26N8O2S/c1-3-24-7-9-25(10-8-24)17-21-14-13(15(27)22-18(28)23(14)2)26(17)11-12-29-16-19-5-4-6-20-16/h4-6,13-14H,3,7-12H2,1-2H3,(H,22,27,28). The second-order valence-electron chi connectivity index (χ2n) is 7.19. The van der Waals surface area contributed by atoms with Crippen molar-refractivity contribution >= 4 is 29.7 Å². The summed E-state index contributed by atoms with van der Waals surface area (Å²) in [5.41, 5.74) is 0. The molecule has 2 saturated heterocycles. The molecule has 3 aliphatic heterocycles. The van der Waals surface area contributed by atoms with Gasteiger partial charge in [0, 0.05) is 57.9 Å². The second-order valence-corrected chi connectivity index (χ2v) is 8.25. The van der Waals surface area contributed by atoms with E-state index >= 15 is 0 Å². The Morgan fingerprint density at radius 1 is 1.17 bits per heavy atom. The number of nitrogens with one attached hydrogen (secondary N) is 1. The van der Waals surface area contributed by atoms with Crippen molar-refractivity contribution in [2.75, 3.05) is 52.1 Å². The summed E-state index contributed by atoms with van der Waals surface area (Å²) in [5, 5.41) is 3.16. The number of fused-ring (bicyclic) bond motifs is 1. The Morgan fingerprint density at radius 2 is 1.90 bits per heavy atom. The molecule has 0 saturated carbocycles. The van der Waals surface area contributed by atoms with Crippen molar-refractivity contribution in [3.63, 3.8) is 0 Å². The SMILES string of the molecule is CCN1CCN(C2=NC3C(C(=O)NC(=O)N3C)N2CCSc2ncccn2)CC1. The molecule has 2 atom stereocenters. The summed E-state index contributed by atoms with van der Waals surface area (Å²) in [4.78, 5) is 46.3. The summed E-state index contributed by atoms with van der Waals surface area (Å²) < 4.78 is 0. The fraction of sp³-hybridized carbons (Fsp3) is 0.611. The topological polar surface area (TPSA) is 97.3 Å². The van der Waals surface area contributed by atoms with Gasteiger partial charge in [-0.25, -0.2) is 19.8 Å². The van der Waals surface area contributed by atoms with Crippen LogP contribution >= 0.6 is 11.8 Å². The molecular formula is C18H26N8O2S. The number of aromatic nitrogens is 2. The van der Waals surface area contributed by atoms with Crippen molar-refractivity contribution in [2.24, 2.45) is 4.99 Å². The summed E-state index contributed by atoms with van der Waals surface area (Å²) in [7, 11) is 1.69. The number of imide groups is 1. The van der Waals surface area contributed by atoms with Crippen LogP contribution in [-0.2, 0) is 4.79 Å². The monoisotopic (exact) mass is 418 g/mol. The van der Waals surface area contributed by atoms with Crippen molar-refractivity contribution in [1.29, 1.82) is 0 Å². The van der Waals surface area contributed by atoms with Gasteiger partial charge in [-0.1, -0.05) is 18.7 Å². The number of amides is 3. The maximum Gasteiger partial charge on any atom is 0.325 e. The molecule has 0 spiro atoms. The molecule has 1 N–H and O–H groups in total. The highest BCUT2D eigenvalue weighted by atomic mass is 32.2. The van der Waals surface area contributed by atoms with Crippen LogP contribution in [0.15, 0.2) is 28.6 Å². The molecule has 0 aliphatic carbocycles. The van der Waals surface area contributed by atoms with E-state index in [0.29, 0.717) is 17.5 Å². The number of nitrogens with zero attached hydrogens (tertiary/aromatic N) is 7. The third kappa shape index (κ3) is 4.01. The first kappa shape index (κ1) is 19.9. The van der Waals surface area contributed by atoms with Gasteiger partial charge in [0.15, 0.2) is 23.3 Å². The Labute approximate surface area is 174 Å². The lowest BCUT2D eigenvalue weighted by Crippen LogP contribution is -2.64. The van der Waals surface area contributed by atoms with Crippen LogP contribution in [0.5, 0.6) is 0 Å². The van der Waals surface area contributed by atoms with E-state index in [-0.39, 0.29) is 5.91 Å². The molecule has 0 bridgehead atoms. The molecule has 1 aromatic heterocycles. The Bertz CT molecular complexity index is 783. The van der Waals surface area contributed by atoms with Gasteiger partial charge in [-0.15, -0.1) is 0 Å². The molecule has 1 aromatic rings. The Kier molecular flexibility index (Phi) is 5.86. The minimum atomic E-state index is -0.505. The van der Waals surface area contributed by atoms with Crippen LogP contribution < -0.4 is 5.32 Å². The maximum absolute atomic E-state index is 12.7. The number of rotatable bonds is 5. The quantitative estimate of drug-likeness (QED) is 0.517. The molecule has 10 nitrogen and oxygen atoms in total. The molecule has 4 heterocycles. The summed E-state index contributed by atoms with van der Waals surface area (Å²) in [6, 6.07) is 0.882. The van der Waals surface area contributed by atoms with Crippen molar-refractivity contribution < 1.29 is 9.59 Å². The third-order valence-corrected chi connectivity index (χ3v) is 6.40. The highest BCUT2D eigenvalue weighted by Gasteiger charge is 2.49. The van der Waals surface area contributed by atoms with Crippen molar-refractivity contribution in [3.05, 3.63) is 18.5 Å². The molecule has 4 rings (SSSR count). The van der Waals surface area contributed by atoms with E-state index < -0.39 is 18.2 Å². The minimum Gasteiger partial charge on any atom is -0.340 e. The lowest BCUT2D eigenvalue weighted by Gasteiger charge is -2.40. The van der Waals surface area contributed by atoms with Gasteiger partial charge in [0.2, 0.25) is 0 Å². The average molecular weight is 419 g/mol. The number of likely N-dealkylation sites (N-methyl/N-ethyl adjacent to an activating group) is 2. The van der Waals surface area contributed by atoms with Crippen molar-refractivity contribution in [2.45, 2.75) is 24.3 Å². The van der Waals surface area contributed by atoms with Gasteiger partial charge in [0.1, 0.15) is 0 Å². The zero-order chi connectivity index (χ0) is 20.4. The highest BCUT2D eigenvalue weighted by Crippen LogP contribution is 2.26. The molecule has 29 heavy (non-hydrogen) atoms. The molecule has 2 unspecified atom stereocenters. The number of carbonyl (C=O) groups is 2. The van der Waals surface area contributed by atoms with Crippen molar-refractivity contribution in [3.8, 4) is 0 Å². The predicted octanol–water partition coefficient (Wildman–Crippen LogP) is -0.246. The number of piperazine rings is 1. The molecule has 11 heteroatoms. The zero-order valence-corrected chi connectivity index (χ0v) is 17.5. The van der Waals surface area contributed by atoms with E-state index in [1.54, 1.807) is 37.3 Å². The van der Waals surface area contributed by atoms with Gasteiger partial charge >= 0.3 is 6.03 Å². The van der Waals surface area contributed by atoms with Crippen molar-refractivity contribution in [1.82, 2.24) is 34.9 Å². The molecule has 3 amide bonds. The van der Waals surface area contributed by atoms with E-state index in [1.807, 2.05) is 4.90 Å². The predicted molar refractivity (Wildman–Crippen MR) is 109 cm³/mol. The first-order valence-corrected chi connectivity index (χ1v) is 10.9. The van der Waals surface area contributed by atoms with Crippen LogP contribution in [0.4, 0.5) is 4.79 Å². The first-order chi connectivity index (χ1) is 14.1. The van der Waals surface area contributed by atoms with Crippen LogP contribution in [0, 0.1) is 0 Å². The average Bonchev–Trinajstić information content (AvgIpc) is 3.13. The normalized spacial score (nSPS) is 25.2. The van der Waals surface area contributed by atoms with Crippen LogP contribution in [0.3, 0.4) is 0 Å². The van der Waals surface area contributed by atoms with Gasteiger partial charge < -0.3 is 19.6 Å². The molecule has 2 fully saturated rings. The smallest absolute Gasteiger partial charge is 0.325 e. The van der Waals surface area contributed by atoms with E-state index in [2.05, 4.69) is 32.0 Å². The first-order valence-electron chi connectivity index (χ1n) is 9.87. The molecule has 156 valence electrons. The molecule has 0 aromatic carbocycles. The number of hydrogen-bond donors (Lipinski definition) is 1. The highest BCUT2D eigenvalue weighted by molar-refractivity contribution is 7.99. The summed E-state index contributed by atoms with van der Waals surface area (Å²) in [6.45, 7) is 7.46. The Balaban J connectivity index is 1.51. The summed E-state index contributed by atoms with van der Waals surface area (Å²) in [5.74, 6) is 1.23. The maximum atomic E-state index is 12.7. The molecular weight excluding hydrogens is 392 g/mol. The lowest BCUT2D eigenvalue weighted by molar-refractivity contribution is -0.127. The number of guanidine groups is 1. The van der Waals surface area contributed by atoms with E-state index in [0.717, 1.165) is 38.7 Å². The molecule has 0 radical (unpaired) electrons. The van der Waals surface area contributed by atoms with Gasteiger partial charge in [0.25, 0.3) is 5.91 Å². The van der Waals surface area contributed by atoms with Gasteiger partial charge in [-0.05, 0) is 12.6 Å². The number of hydrogen-bond acceptors (Lipinski definition) is 9. The van der Waals surface area contributed by atoms with Crippen LogP contribution in [0.25, 0.3) is 0 Å². The minimum absolute atomic E-state index is 0.287. The van der Waals surface area contributed by atoms with Gasteiger partial charge in [-0.2, -0.15) is 0 Å². The fourth-order valence-corrected chi connectivity index (χ4v) is 4.61. The van der Waals surface area contributed by atoms with E-state index in [1.165, 1.54) is 4.90 Å². The second kappa shape index (κ2) is 8.54. The van der Waals surface area contributed by atoms with E-state index in [4.69, 9.17) is 4.99 Å². The van der Waals surface area contributed by atoms with Crippen LogP contribution in [-0.4, -0.2) is 112 Å². The zero-order valence-electron chi connectivity index (χ0n) is 16.7. The van der Waals surface area contributed by atoms with Gasteiger partial charge in [-0.3, -0.25) is 10.1 Å². The largest absolute Gasteiger partial charge is 0.340 e. The van der Waals surface area contributed by atoms with Crippen LogP contribution in [0.1, 0.15) is 6.92 Å². The number of thioether (sulfide) groups is 1. The number of urea groups is 1. The Morgan fingerprint density at radius 3 is 2.59 bits per heavy atom. The number of aliphatic imine (C=N–C) groups is 1. The van der Waals surface area contributed by atoms with E-state index in [9.17, 15) is 9.59 Å². The summed E-state index contributed by atoms with van der Waals surface area (Å²) >= 11 is 1.54. The Hall–Kier alpha value is -2.40. The summed E-state index contributed by atoms with van der Waals surface area (Å²) in [6.07, 6.45) is 2.95.